The van der Waals surface area contributed by atoms with Gasteiger partial charge in [-0.05, 0) is 55.3 Å². The quantitative estimate of drug-likeness (QED) is 0.104. The summed E-state index contributed by atoms with van der Waals surface area (Å²) < 4.78 is 17.1. The Balaban J connectivity index is 1.41. The van der Waals surface area contributed by atoms with Crippen LogP contribution in [-0.4, -0.2) is 42.7 Å². The second-order valence-corrected chi connectivity index (χ2v) is 12.4. The van der Waals surface area contributed by atoms with E-state index in [4.69, 9.17) is 14.2 Å². The molecule has 4 N–H and O–H groups in total. The second kappa shape index (κ2) is 14.5. The number of hydrogen-bond donors (Lipinski definition) is 4. The van der Waals surface area contributed by atoms with Gasteiger partial charge in [-0.25, -0.2) is 14.6 Å². The van der Waals surface area contributed by atoms with Crippen LogP contribution in [0.15, 0.2) is 72.2 Å². The number of nitrogens with zero attached hydrogens (tertiary/aromatic N) is 2. The van der Waals surface area contributed by atoms with Gasteiger partial charge in [-0.2, -0.15) is 0 Å². The van der Waals surface area contributed by atoms with Crippen molar-refractivity contribution in [2.45, 2.75) is 39.7 Å². The highest BCUT2D eigenvalue weighted by molar-refractivity contribution is 7.14. The van der Waals surface area contributed by atoms with Crippen LogP contribution in [0.3, 0.4) is 0 Å². The van der Waals surface area contributed by atoms with Crippen molar-refractivity contribution in [1.29, 1.82) is 0 Å². The molecule has 0 fully saturated rings. The maximum Gasteiger partial charge on any atom is 0.357 e. The van der Waals surface area contributed by atoms with Crippen LogP contribution in [0.1, 0.15) is 49.4 Å². The molecule has 5 rings (SSSR count). The van der Waals surface area contributed by atoms with Gasteiger partial charge >= 0.3 is 12.0 Å². The molecule has 0 saturated carbocycles. The summed E-state index contributed by atoms with van der Waals surface area (Å²) >= 11 is 1.26. The predicted molar refractivity (Wildman–Crippen MR) is 187 cm³/mol. The summed E-state index contributed by atoms with van der Waals surface area (Å²) in [4.78, 5) is 34.4. The van der Waals surface area contributed by atoms with Crippen molar-refractivity contribution in [1.82, 2.24) is 15.3 Å². The van der Waals surface area contributed by atoms with Gasteiger partial charge in [0, 0.05) is 35.0 Å². The molecule has 0 spiro atoms. The zero-order chi connectivity index (χ0) is 33.6. The first-order chi connectivity index (χ1) is 22.6. The van der Waals surface area contributed by atoms with Crippen molar-refractivity contribution < 1.29 is 23.8 Å². The first-order valence-corrected chi connectivity index (χ1v) is 16.0. The number of esters is 1. The van der Waals surface area contributed by atoms with E-state index in [2.05, 4.69) is 52.0 Å². The third kappa shape index (κ3) is 7.97. The third-order valence-electron chi connectivity index (χ3n) is 7.14. The zero-order valence-electron chi connectivity index (χ0n) is 27.2. The van der Waals surface area contributed by atoms with Crippen LogP contribution >= 0.6 is 11.3 Å². The van der Waals surface area contributed by atoms with Crippen LogP contribution in [0.5, 0.6) is 17.2 Å². The fourth-order valence-corrected chi connectivity index (χ4v) is 5.57. The lowest BCUT2D eigenvalue weighted by molar-refractivity contribution is 0.0520. The van der Waals surface area contributed by atoms with E-state index in [1.165, 1.54) is 18.4 Å². The van der Waals surface area contributed by atoms with E-state index in [1.807, 2.05) is 67.7 Å². The lowest BCUT2D eigenvalue weighted by Crippen LogP contribution is -2.21. The molecule has 0 aliphatic rings. The van der Waals surface area contributed by atoms with E-state index in [1.54, 1.807) is 18.5 Å². The van der Waals surface area contributed by atoms with Gasteiger partial charge in [0.1, 0.15) is 11.5 Å². The smallest absolute Gasteiger partial charge is 0.357 e. The molecule has 12 heteroatoms. The number of carbonyl (C=O) groups is 2. The highest BCUT2D eigenvalue weighted by Crippen LogP contribution is 2.41. The Morgan fingerprint density at radius 1 is 0.936 bits per heavy atom. The molecule has 0 saturated heterocycles. The lowest BCUT2D eigenvalue weighted by Gasteiger charge is -2.24. The zero-order valence-corrected chi connectivity index (χ0v) is 28.0. The summed E-state index contributed by atoms with van der Waals surface area (Å²) in [6.07, 6.45) is 1.71. The Morgan fingerprint density at radius 2 is 1.68 bits per heavy atom. The fourth-order valence-electron chi connectivity index (χ4n) is 4.88. The Bertz CT molecular complexity index is 1900. The number of thiazole rings is 1. The molecule has 0 unspecified atom stereocenters. The number of benzene rings is 3. The Morgan fingerprint density at radius 3 is 2.40 bits per heavy atom. The van der Waals surface area contributed by atoms with Crippen LogP contribution in [0.4, 0.5) is 27.0 Å². The van der Waals surface area contributed by atoms with Gasteiger partial charge < -0.3 is 35.5 Å². The fraction of sp³-hybridized carbons (Fsp3) is 0.257. The van der Waals surface area contributed by atoms with Gasteiger partial charge in [-0.15, -0.1) is 11.3 Å². The SMILES string of the molecule is CCOC(=O)c1csc(Nc2cc(C(C)(C)C)cc(NC(=O)Nc3ccc(Oc4ccnc(CNC)c4)c4ccccc34)c2OC)n1. The molecule has 47 heavy (non-hydrogen) atoms. The highest BCUT2D eigenvalue weighted by Gasteiger charge is 2.22. The van der Waals surface area contributed by atoms with Crippen LogP contribution in [0.2, 0.25) is 0 Å². The van der Waals surface area contributed by atoms with Gasteiger partial charge in [0.05, 0.1) is 36.5 Å². The molecule has 2 heterocycles. The number of nitrogens with one attached hydrogen (secondary N) is 4. The van der Waals surface area contributed by atoms with Crippen LogP contribution < -0.4 is 30.7 Å². The van der Waals surface area contributed by atoms with Crippen molar-refractivity contribution in [2.75, 3.05) is 36.7 Å². The summed E-state index contributed by atoms with van der Waals surface area (Å²) in [5, 5.41) is 16.1. The van der Waals surface area contributed by atoms with Crippen LogP contribution in [0, 0.1) is 0 Å². The maximum atomic E-state index is 13.5. The number of carbonyl (C=O) groups excluding carboxylic acids is 2. The van der Waals surface area contributed by atoms with Crippen molar-refractivity contribution in [3.63, 3.8) is 0 Å². The minimum absolute atomic E-state index is 0.214. The summed E-state index contributed by atoms with van der Waals surface area (Å²) in [6.45, 7) is 8.86. The van der Waals surface area contributed by atoms with Crippen molar-refractivity contribution in [3.05, 3.63) is 89.2 Å². The van der Waals surface area contributed by atoms with E-state index in [0.29, 0.717) is 46.0 Å². The second-order valence-electron chi connectivity index (χ2n) is 11.6. The number of hydrogen-bond acceptors (Lipinski definition) is 10. The van der Waals surface area contributed by atoms with Gasteiger partial charge in [-0.1, -0.05) is 45.0 Å². The Labute approximate surface area is 277 Å². The van der Waals surface area contributed by atoms with E-state index >= 15 is 0 Å². The number of anilines is 4. The number of aromatic nitrogens is 2. The summed E-state index contributed by atoms with van der Waals surface area (Å²) in [6, 6.07) is 18.4. The summed E-state index contributed by atoms with van der Waals surface area (Å²) in [5.74, 6) is 1.23. The number of rotatable bonds is 11. The van der Waals surface area contributed by atoms with Crippen molar-refractivity contribution in [2.24, 2.45) is 0 Å². The molecule has 0 bridgehead atoms. The number of fused-ring (bicyclic) bond motifs is 1. The van der Waals surface area contributed by atoms with E-state index in [0.717, 1.165) is 22.0 Å². The predicted octanol–water partition coefficient (Wildman–Crippen LogP) is 8.07. The average Bonchev–Trinajstić information content (AvgIpc) is 3.51. The van der Waals surface area contributed by atoms with Crippen molar-refractivity contribution >= 4 is 56.3 Å². The molecular formula is C35H38N6O5S. The third-order valence-corrected chi connectivity index (χ3v) is 7.90. The first-order valence-electron chi connectivity index (χ1n) is 15.1. The molecule has 2 amide bonds. The van der Waals surface area contributed by atoms with Gasteiger partial charge in [0.25, 0.3) is 0 Å². The number of amides is 2. The summed E-state index contributed by atoms with van der Waals surface area (Å²) in [7, 11) is 3.40. The Hall–Kier alpha value is -5.20. The average molecular weight is 655 g/mol. The molecule has 0 radical (unpaired) electrons. The molecule has 244 valence electrons. The minimum atomic E-state index is -0.491. The number of urea groups is 1. The standard InChI is InChI=1S/C35H38N6O5S/c1-7-45-32(42)29-20-47-34(41-29)40-28-17-21(35(2,3)4)16-27(31(28)44-6)39-33(43)38-26-12-13-30(25-11-9-8-10-24(25)26)46-23-14-15-37-22(18-23)19-36-5/h8-18,20,36H,7,19H2,1-6H3,(H,40,41)(H2,38,39,43). The van der Waals surface area contributed by atoms with Gasteiger partial charge in [0.2, 0.25) is 0 Å². The van der Waals surface area contributed by atoms with Gasteiger partial charge in [0.15, 0.2) is 16.6 Å². The first kappa shape index (κ1) is 33.2. The van der Waals surface area contributed by atoms with Gasteiger partial charge in [-0.3, -0.25) is 4.98 Å². The molecule has 11 nitrogen and oxygen atoms in total. The van der Waals surface area contributed by atoms with E-state index in [-0.39, 0.29) is 17.7 Å². The Kier molecular flexibility index (Phi) is 10.2. The van der Waals surface area contributed by atoms with Crippen molar-refractivity contribution in [3.8, 4) is 17.2 Å². The number of methoxy groups -OCH3 is 1. The van der Waals surface area contributed by atoms with E-state index in [9.17, 15) is 9.59 Å². The van der Waals surface area contributed by atoms with E-state index < -0.39 is 12.0 Å². The highest BCUT2D eigenvalue weighted by atomic mass is 32.1. The molecule has 0 atom stereocenters. The number of pyridine rings is 1. The normalized spacial score (nSPS) is 11.2. The van der Waals surface area contributed by atoms with Crippen LogP contribution in [-0.2, 0) is 16.7 Å². The molecule has 0 aliphatic carbocycles. The minimum Gasteiger partial charge on any atom is -0.492 e. The van der Waals surface area contributed by atoms with Crippen LogP contribution in [0.25, 0.3) is 10.8 Å². The molecule has 5 aromatic rings. The largest absolute Gasteiger partial charge is 0.492 e. The summed E-state index contributed by atoms with van der Waals surface area (Å²) in [5.41, 5.74) is 3.41. The topological polar surface area (TPSA) is 136 Å². The number of ether oxygens (including phenoxy) is 3. The lowest BCUT2D eigenvalue weighted by atomic mass is 9.86. The maximum absolute atomic E-state index is 13.5. The molecule has 3 aromatic carbocycles. The molecular weight excluding hydrogens is 616 g/mol. The molecule has 2 aromatic heterocycles. The monoisotopic (exact) mass is 654 g/mol. The molecule has 0 aliphatic heterocycles.